The molecule has 1 amide bonds. The maximum Gasteiger partial charge on any atom is 0.271 e. The number of hydrazone groups is 1. The molecule has 0 saturated heterocycles. The number of aryl methyl sites for hydroxylation is 1. The Labute approximate surface area is 229 Å². The molecule has 184 valence electrons. The standard InChI is InChI=1S/C28H25ClIN3O3/c1-18-14-22(16-31-32-28(34)21-6-13-26(30)27(15-21)35-3)19(2)33(18)24-9-11-25(12-10-24)36-17-20-4-7-23(29)8-5-20/h4-16H,17H2,1-3H3,(H,32,34)/b31-16-. The van der Waals surface area contributed by atoms with E-state index in [1.165, 1.54) is 0 Å². The zero-order valence-electron chi connectivity index (χ0n) is 20.1. The fourth-order valence-corrected chi connectivity index (χ4v) is 4.46. The molecule has 0 aliphatic carbocycles. The van der Waals surface area contributed by atoms with E-state index >= 15 is 0 Å². The summed E-state index contributed by atoms with van der Waals surface area (Å²) in [6.07, 6.45) is 1.66. The molecule has 0 spiro atoms. The Morgan fingerprint density at radius 3 is 2.47 bits per heavy atom. The average Bonchev–Trinajstić information content (AvgIpc) is 3.16. The maximum absolute atomic E-state index is 12.5. The minimum absolute atomic E-state index is 0.302. The fraction of sp³-hybridized carbons (Fsp3) is 0.143. The molecule has 0 radical (unpaired) electrons. The highest BCUT2D eigenvalue weighted by molar-refractivity contribution is 14.1. The summed E-state index contributed by atoms with van der Waals surface area (Å²) in [5.74, 6) is 1.13. The number of hydrogen-bond donors (Lipinski definition) is 1. The molecule has 0 fully saturated rings. The highest BCUT2D eigenvalue weighted by Crippen LogP contribution is 2.24. The molecular formula is C28H25ClIN3O3. The first-order valence-electron chi connectivity index (χ1n) is 11.2. The van der Waals surface area contributed by atoms with Gasteiger partial charge in [-0.2, -0.15) is 5.10 Å². The van der Waals surface area contributed by atoms with E-state index in [1.54, 1.807) is 25.5 Å². The van der Waals surface area contributed by atoms with Gasteiger partial charge in [0.15, 0.2) is 0 Å². The first-order valence-corrected chi connectivity index (χ1v) is 12.6. The van der Waals surface area contributed by atoms with Crippen LogP contribution in [-0.2, 0) is 6.61 Å². The van der Waals surface area contributed by atoms with Gasteiger partial charge in [-0.3, -0.25) is 4.79 Å². The van der Waals surface area contributed by atoms with Gasteiger partial charge in [0, 0.05) is 33.2 Å². The molecule has 1 heterocycles. The largest absolute Gasteiger partial charge is 0.496 e. The molecular weight excluding hydrogens is 589 g/mol. The molecule has 1 aromatic heterocycles. The summed E-state index contributed by atoms with van der Waals surface area (Å²) in [4.78, 5) is 12.5. The SMILES string of the molecule is COc1cc(C(=O)N/N=C\c2cc(C)n(-c3ccc(OCc4ccc(Cl)cc4)cc3)c2C)ccc1I. The Bertz CT molecular complexity index is 1400. The molecule has 6 nitrogen and oxygen atoms in total. The number of carbonyl (C=O) groups is 1. The van der Waals surface area contributed by atoms with Crippen LogP contribution in [0.4, 0.5) is 0 Å². The van der Waals surface area contributed by atoms with Gasteiger partial charge in [0.25, 0.3) is 5.91 Å². The Hall–Kier alpha value is -3.30. The Morgan fingerprint density at radius 2 is 1.78 bits per heavy atom. The summed E-state index contributed by atoms with van der Waals surface area (Å²) in [6, 6.07) is 22.8. The van der Waals surface area contributed by atoms with E-state index in [9.17, 15) is 4.79 Å². The van der Waals surface area contributed by atoms with Gasteiger partial charge in [0.2, 0.25) is 0 Å². The predicted octanol–water partition coefficient (Wildman–Crippen LogP) is 6.70. The second-order valence-electron chi connectivity index (χ2n) is 8.12. The number of carbonyl (C=O) groups excluding carboxylic acids is 1. The van der Waals surface area contributed by atoms with Gasteiger partial charge < -0.3 is 14.0 Å². The van der Waals surface area contributed by atoms with Crippen molar-refractivity contribution in [3.05, 3.63) is 109 Å². The highest BCUT2D eigenvalue weighted by Gasteiger charge is 2.11. The quantitative estimate of drug-likeness (QED) is 0.137. The topological polar surface area (TPSA) is 64.8 Å². The van der Waals surface area contributed by atoms with Crippen LogP contribution in [0, 0.1) is 17.4 Å². The third-order valence-corrected chi connectivity index (χ3v) is 6.81. The molecule has 0 unspecified atom stereocenters. The number of benzene rings is 3. The monoisotopic (exact) mass is 613 g/mol. The molecule has 4 rings (SSSR count). The number of nitrogens with one attached hydrogen (secondary N) is 1. The van der Waals surface area contributed by atoms with Crippen LogP contribution in [0.3, 0.4) is 0 Å². The van der Waals surface area contributed by atoms with E-state index in [1.807, 2.05) is 74.5 Å². The summed E-state index contributed by atoms with van der Waals surface area (Å²) >= 11 is 8.10. The van der Waals surface area contributed by atoms with Gasteiger partial charge in [-0.25, -0.2) is 5.43 Å². The third kappa shape index (κ3) is 6.09. The van der Waals surface area contributed by atoms with Crippen molar-refractivity contribution in [1.82, 2.24) is 9.99 Å². The lowest BCUT2D eigenvalue weighted by molar-refractivity contribution is 0.0954. The van der Waals surface area contributed by atoms with Crippen LogP contribution < -0.4 is 14.9 Å². The maximum atomic E-state index is 12.5. The molecule has 4 aromatic rings. The molecule has 0 saturated carbocycles. The summed E-state index contributed by atoms with van der Waals surface area (Å²) in [5, 5.41) is 4.88. The van der Waals surface area contributed by atoms with Gasteiger partial charge in [-0.15, -0.1) is 0 Å². The number of rotatable bonds is 8. The zero-order valence-corrected chi connectivity index (χ0v) is 23.0. The van der Waals surface area contributed by atoms with Crippen LogP contribution in [0.5, 0.6) is 11.5 Å². The van der Waals surface area contributed by atoms with Crippen LogP contribution in [-0.4, -0.2) is 23.8 Å². The fourth-order valence-electron chi connectivity index (χ4n) is 3.78. The number of halogens is 2. The Balaban J connectivity index is 1.42. The van der Waals surface area contributed by atoms with Crippen molar-refractivity contribution in [2.24, 2.45) is 5.10 Å². The first-order chi connectivity index (χ1) is 17.4. The number of nitrogens with zero attached hydrogens (tertiary/aromatic N) is 2. The van der Waals surface area contributed by atoms with Crippen molar-refractivity contribution in [3.63, 3.8) is 0 Å². The van der Waals surface area contributed by atoms with Crippen molar-refractivity contribution in [2.45, 2.75) is 20.5 Å². The zero-order chi connectivity index (χ0) is 25.7. The lowest BCUT2D eigenvalue weighted by Crippen LogP contribution is -2.17. The number of ether oxygens (including phenoxy) is 2. The smallest absolute Gasteiger partial charge is 0.271 e. The van der Waals surface area contributed by atoms with E-state index in [0.717, 1.165) is 37.5 Å². The second-order valence-corrected chi connectivity index (χ2v) is 9.72. The second kappa shape index (κ2) is 11.6. The lowest BCUT2D eigenvalue weighted by Gasteiger charge is -2.11. The first kappa shape index (κ1) is 25.8. The van der Waals surface area contributed by atoms with E-state index in [4.69, 9.17) is 21.1 Å². The average molecular weight is 614 g/mol. The van der Waals surface area contributed by atoms with Crippen molar-refractivity contribution < 1.29 is 14.3 Å². The van der Waals surface area contributed by atoms with Crippen LogP contribution in [0.2, 0.25) is 5.02 Å². The highest BCUT2D eigenvalue weighted by atomic mass is 127. The molecule has 36 heavy (non-hydrogen) atoms. The summed E-state index contributed by atoms with van der Waals surface area (Å²) in [7, 11) is 1.58. The molecule has 0 atom stereocenters. The summed E-state index contributed by atoms with van der Waals surface area (Å²) < 4.78 is 14.3. The Kier molecular flexibility index (Phi) is 8.32. The van der Waals surface area contributed by atoms with Gasteiger partial charge >= 0.3 is 0 Å². The number of hydrogen-bond acceptors (Lipinski definition) is 4. The van der Waals surface area contributed by atoms with Crippen molar-refractivity contribution >= 4 is 46.3 Å². The van der Waals surface area contributed by atoms with Crippen LogP contribution in [0.1, 0.15) is 32.9 Å². The van der Waals surface area contributed by atoms with Crippen LogP contribution in [0.15, 0.2) is 77.9 Å². The minimum atomic E-state index is -0.302. The molecule has 0 aliphatic rings. The van der Waals surface area contributed by atoms with E-state index in [-0.39, 0.29) is 5.91 Å². The van der Waals surface area contributed by atoms with E-state index in [2.05, 4.69) is 37.7 Å². The van der Waals surface area contributed by atoms with Crippen molar-refractivity contribution in [3.8, 4) is 17.2 Å². The van der Waals surface area contributed by atoms with Gasteiger partial charge in [0.1, 0.15) is 18.1 Å². The van der Waals surface area contributed by atoms with E-state index in [0.29, 0.717) is 22.9 Å². The number of amides is 1. The summed E-state index contributed by atoms with van der Waals surface area (Å²) in [5.41, 5.74) is 8.11. The molecule has 8 heteroatoms. The van der Waals surface area contributed by atoms with Crippen LogP contribution >= 0.6 is 34.2 Å². The minimum Gasteiger partial charge on any atom is -0.496 e. The van der Waals surface area contributed by atoms with E-state index < -0.39 is 0 Å². The van der Waals surface area contributed by atoms with Gasteiger partial charge in [-0.05, 0) is 103 Å². The van der Waals surface area contributed by atoms with Crippen molar-refractivity contribution in [2.75, 3.05) is 7.11 Å². The summed E-state index contributed by atoms with van der Waals surface area (Å²) in [6.45, 7) is 4.52. The third-order valence-electron chi connectivity index (χ3n) is 5.67. The molecule has 0 aliphatic heterocycles. The van der Waals surface area contributed by atoms with Crippen molar-refractivity contribution in [1.29, 1.82) is 0 Å². The Morgan fingerprint density at radius 1 is 1.06 bits per heavy atom. The van der Waals surface area contributed by atoms with Gasteiger partial charge in [-0.1, -0.05) is 23.7 Å². The molecule has 3 aromatic carbocycles. The number of aromatic nitrogens is 1. The van der Waals surface area contributed by atoms with Gasteiger partial charge in [0.05, 0.1) is 16.9 Å². The lowest BCUT2D eigenvalue weighted by atomic mass is 10.2. The molecule has 1 N–H and O–H groups in total. The van der Waals surface area contributed by atoms with Crippen LogP contribution in [0.25, 0.3) is 5.69 Å². The number of methoxy groups -OCH3 is 1. The molecule has 0 bridgehead atoms. The normalized spacial score (nSPS) is 11.0. The predicted molar refractivity (Wildman–Crippen MR) is 152 cm³/mol.